The Morgan fingerprint density at radius 1 is 0.914 bits per heavy atom. The fourth-order valence-electron chi connectivity index (χ4n) is 3.56. The molecule has 1 amide bonds. The summed E-state index contributed by atoms with van der Waals surface area (Å²) in [7, 11) is 0. The second kappa shape index (κ2) is 11.6. The number of benzene rings is 3. The van der Waals surface area contributed by atoms with Crippen molar-refractivity contribution in [3.05, 3.63) is 106 Å². The van der Waals surface area contributed by atoms with Gasteiger partial charge in [-0.15, -0.1) is 11.3 Å². The fourth-order valence-corrected chi connectivity index (χ4v) is 4.62. The Morgan fingerprint density at radius 3 is 2.26 bits per heavy atom. The van der Waals surface area contributed by atoms with Gasteiger partial charge in [0.2, 0.25) is 0 Å². The summed E-state index contributed by atoms with van der Waals surface area (Å²) in [5, 5.41) is 14.9. The summed E-state index contributed by atoms with van der Waals surface area (Å²) in [4.78, 5) is 30.0. The van der Waals surface area contributed by atoms with Crippen molar-refractivity contribution in [2.75, 3.05) is 11.4 Å². The molecule has 3 aromatic carbocycles. The first-order valence-electron chi connectivity index (χ1n) is 11.1. The lowest BCUT2D eigenvalue weighted by Gasteiger charge is -2.22. The van der Waals surface area contributed by atoms with E-state index in [0.29, 0.717) is 23.7 Å². The van der Waals surface area contributed by atoms with Crippen molar-refractivity contribution >= 4 is 39.9 Å². The normalized spacial score (nSPS) is 10.7. The van der Waals surface area contributed by atoms with Gasteiger partial charge >= 0.3 is 5.97 Å². The Kier molecular flexibility index (Phi) is 8.13. The number of halogens is 1. The monoisotopic (exact) mass is 505 g/mol. The molecule has 1 aromatic heterocycles. The third kappa shape index (κ3) is 6.68. The molecule has 0 bridgehead atoms. The summed E-state index contributed by atoms with van der Waals surface area (Å²) in [6.45, 7) is 1.37. The van der Waals surface area contributed by atoms with E-state index < -0.39 is 5.97 Å². The van der Waals surface area contributed by atoms with Gasteiger partial charge in [0.25, 0.3) is 5.91 Å². The number of aromatic nitrogens is 1. The Morgan fingerprint density at radius 2 is 1.57 bits per heavy atom. The van der Waals surface area contributed by atoms with E-state index in [1.165, 1.54) is 0 Å². The van der Waals surface area contributed by atoms with Gasteiger partial charge < -0.3 is 15.3 Å². The van der Waals surface area contributed by atoms with E-state index in [-0.39, 0.29) is 18.9 Å². The van der Waals surface area contributed by atoms with Gasteiger partial charge in [0.15, 0.2) is 5.13 Å². The minimum absolute atomic E-state index is 0.0958. The van der Waals surface area contributed by atoms with Crippen LogP contribution in [0.1, 0.15) is 27.9 Å². The van der Waals surface area contributed by atoms with Crippen molar-refractivity contribution in [3.8, 4) is 11.3 Å². The van der Waals surface area contributed by atoms with Crippen molar-refractivity contribution in [3.63, 3.8) is 0 Å². The standard InChI is InChI=1S/C27H24ClN3O3S/c28-23-9-5-4-8-22(23)24-18-35-27(30-24)31(16-19-6-2-1-3-7-19)17-20-10-12-21(13-11-20)26(34)29-15-14-25(32)33/h1-13,18H,14-17H2,(H,29,34)(H,32,33). The Bertz CT molecular complexity index is 1290. The number of rotatable bonds is 10. The van der Waals surface area contributed by atoms with Gasteiger partial charge in [-0.05, 0) is 29.3 Å². The van der Waals surface area contributed by atoms with Gasteiger partial charge in [0, 0.05) is 41.2 Å². The van der Waals surface area contributed by atoms with E-state index in [9.17, 15) is 9.59 Å². The van der Waals surface area contributed by atoms with Crippen LogP contribution in [0.25, 0.3) is 11.3 Å². The Hall–Kier alpha value is -3.68. The second-order valence-corrected chi connectivity index (χ2v) is 9.18. The first kappa shape index (κ1) is 24.4. The van der Waals surface area contributed by atoms with Crippen LogP contribution in [0.5, 0.6) is 0 Å². The van der Waals surface area contributed by atoms with Crippen LogP contribution in [0, 0.1) is 0 Å². The highest BCUT2D eigenvalue weighted by atomic mass is 35.5. The summed E-state index contributed by atoms with van der Waals surface area (Å²) < 4.78 is 0. The number of nitrogens with zero attached hydrogens (tertiary/aromatic N) is 2. The maximum atomic E-state index is 12.3. The van der Waals surface area contributed by atoms with Crippen LogP contribution in [0.3, 0.4) is 0 Å². The molecule has 8 heteroatoms. The molecule has 4 rings (SSSR count). The van der Waals surface area contributed by atoms with Crippen LogP contribution in [-0.2, 0) is 17.9 Å². The predicted molar refractivity (Wildman–Crippen MR) is 140 cm³/mol. The number of nitrogens with one attached hydrogen (secondary N) is 1. The van der Waals surface area contributed by atoms with Gasteiger partial charge in [-0.25, -0.2) is 4.98 Å². The number of hydrogen-bond donors (Lipinski definition) is 2. The fraction of sp³-hybridized carbons (Fsp3) is 0.148. The van der Waals surface area contributed by atoms with E-state index in [0.717, 1.165) is 27.5 Å². The van der Waals surface area contributed by atoms with Crippen molar-refractivity contribution < 1.29 is 14.7 Å². The molecular formula is C27H24ClN3O3S. The lowest BCUT2D eigenvalue weighted by Crippen LogP contribution is -2.26. The maximum absolute atomic E-state index is 12.3. The zero-order chi connectivity index (χ0) is 24.6. The molecule has 35 heavy (non-hydrogen) atoms. The first-order valence-corrected chi connectivity index (χ1v) is 12.3. The molecule has 0 atom stereocenters. The highest BCUT2D eigenvalue weighted by Crippen LogP contribution is 2.33. The zero-order valence-corrected chi connectivity index (χ0v) is 20.4. The molecule has 0 fully saturated rings. The van der Waals surface area contributed by atoms with Gasteiger partial charge in [-0.3, -0.25) is 9.59 Å². The molecule has 0 spiro atoms. The topological polar surface area (TPSA) is 82.5 Å². The van der Waals surface area contributed by atoms with E-state index >= 15 is 0 Å². The molecule has 4 aromatic rings. The van der Waals surface area contributed by atoms with Crippen molar-refractivity contribution in [1.82, 2.24) is 10.3 Å². The number of carboxylic acids is 1. The third-order valence-corrected chi connectivity index (χ3v) is 6.57. The minimum Gasteiger partial charge on any atom is -0.481 e. The average molecular weight is 506 g/mol. The molecule has 0 aliphatic heterocycles. The summed E-state index contributed by atoms with van der Waals surface area (Å²) >= 11 is 7.95. The average Bonchev–Trinajstić information content (AvgIpc) is 3.35. The first-order chi connectivity index (χ1) is 17.0. The van der Waals surface area contributed by atoms with E-state index in [1.807, 2.05) is 60.0 Å². The number of thiazole rings is 1. The molecule has 0 aliphatic carbocycles. The Labute approximate surface area is 212 Å². The summed E-state index contributed by atoms with van der Waals surface area (Å²) in [6.07, 6.45) is -0.109. The molecule has 2 N–H and O–H groups in total. The van der Waals surface area contributed by atoms with Gasteiger partial charge in [-0.1, -0.05) is 72.3 Å². The van der Waals surface area contributed by atoms with Crippen LogP contribution in [0.4, 0.5) is 5.13 Å². The smallest absolute Gasteiger partial charge is 0.305 e. The predicted octanol–water partition coefficient (Wildman–Crippen LogP) is 5.87. The largest absolute Gasteiger partial charge is 0.481 e. The third-order valence-electron chi connectivity index (χ3n) is 5.34. The second-order valence-electron chi connectivity index (χ2n) is 7.93. The maximum Gasteiger partial charge on any atom is 0.305 e. The summed E-state index contributed by atoms with van der Waals surface area (Å²) in [5.41, 5.74) is 4.41. The van der Waals surface area contributed by atoms with Crippen molar-refractivity contribution in [2.45, 2.75) is 19.5 Å². The summed E-state index contributed by atoms with van der Waals surface area (Å²) in [6, 6.07) is 25.2. The van der Waals surface area contributed by atoms with Crippen LogP contribution in [-0.4, -0.2) is 28.5 Å². The van der Waals surface area contributed by atoms with Crippen molar-refractivity contribution in [2.24, 2.45) is 0 Å². The summed E-state index contributed by atoms with van der Waals surface area (Å²) in [5.74, 6) is -1.23. The molecular weight excluding hydrogens is 482 g/mol. The van der Waals surface area contributed by atoms with Crippen LogP contribution >= 0.6 is 22.9 Å². The highest BCUT2D eigenvalue weighted by molar-refractivity contribution is 7.14. The molecule has 0 aliphatic rings. The molecule has 6 nitrogen and oxygen atoms in total. The number of amides is 1. The van der Waals surface area contributed by atoms with Crippen molar-refractivity contribution in [1.29, 1.82) is 0 Å². The highest BCUT2D eigenvalue weighted by Gasteiger charge is 2.15. The molecule has 0 saturated carbocycles. The number of carbonyl (C=O) groups excluding carboxylic acids is 1. The molecule has 0 unspecified atom stereocenters. The van der Waals surface area contributed by atoms with Crippen LogP contribution in [0.2, 0.25) is 5.02 Å². The number of carbonyl (C=O) groups is 2. The van der Waals surface area contributed by atoms with E-state index in [4.69, 9.17) is 21.7 Å². The number of aliphatic carboxylic acids is 1. The Balaban J connectivity index is 1.52. The SMILES string of the molecule is O=C(O)CCNC(=O)c1ccc(CN(Cc2ccccc2)c2nc(-c3ccccc3Cl)cs2)cc1. The molecule has 0 radical (unpaired) electrons. The van der Waals surface area contributed by atoms with Crippen LogP contribution < -0.4 is 10.2 Å². The lowest BCUT2D eigenvalue weighted by atomic mass is 10.1. The van der Waals surface area contributed by atoms with E-state index in [2.05, 4.69) is 22.3 Å². The zero-order valence-electron chi connectivity index (χ0n) is 18.9. The molecule has 0 saturated heterocycles. The van der Waals surface area contributed by atoms with Gasteiger partial charge in [-0.2, -0.15) is 0 Å². The number of anilines is 1. The number of hydrogen-bond acceptors (Lipinski definition) is 5. The van der Waals surface area contributed by atoms with Gasteiger partial charge in [0.05, 0.1) is 12.1 Å². The minimum atomic E-state index is -0.945. The molecule has 1 heterocycles. The van der Waals surface area contributed by atoms with E-state index in [1.54, 1.807) is 23.5 Å². The quantitative estimate of drug-likeness (QED) is 0.281. The lowest BCUT2D eigenvalue weighted by molar-refractivity contribution is -0.136. The van der Waals surface area contributed by atoms with Gasteiger partial charge in [0.1, 0.15) is 0 Å². The number of carboxylic acid groups (broad SMARTS) is 1. The molecule has 178 valence electrons. The van der Waals surface area contributed by atoms with Crippen LogP contribution in [0.15, 0.2) is 84.2 Å².